The third kappa shape index (κ3) is 3.96. The Balaban J connectivity index is 1.80. The molecule has 1 aromatic heterocycles. The maximum absolute atomic E-state index is 12.7. The van der Waals surface area contributed by atoms with Crippen molar-refractivity contribution in [3.05, 3.63) is 66.0 Å². The van der Waals surface area contributed by atoms with Crippen LogP contribution in [0.5, 0.6) is 0 Å². The number of carbonyl (C=O) groups is 1. The van der Waals surface area contributed by atoms with Crippen molar-refractivity contribution in [3.63, 3.8) is 0 Å². The van der Waals surface area contributed by atoms with Gasteiger partial charge in [-0.15, -0.1) is 0 Å². The summed E-state index contributed by atoms with van der Waals surface area (Å²) < 4.78 is 0. The van der Waals surface area contributed by atoms with E-state index in [1.807, 2.05) is 30.3 Å². The molecule has 23 heavy (non-hydrogen) atoms. The quantitative estimate of drug-likeness (QED) is 0.913. The van der Waals surface area contributed by atoms with Gasteiger partial charge in [-0.2, -0.15) is 0 Å². The molecule has 0 radical (unpaired) electrons. The van der Waals surface area contributed by atoms with Crippen molar-refractivity contribution < 1.29 is 4.79 Å². The van der Waals surface area contributed by atoms with Crippen LogP contribution in [0.25, 0.3) is 0 Å². The predicted octanol–water partition coefficient (Wildman–Crippen LogP) is 2.68. The zero-order chi connectivity index (χ0) is 16.1. The van der Waals surface area contributed by atoms with Gasteiger partial charge in [-0.3, -0.25) is 9.78 Å². The van der Waals surface area contributed by atoms with Crippen LogP contribution in [0.1, 0.15) is 36.9 Å². The molecule has 1 aromatic carbocycles. The first-order valence-corrected chi connectivity index (χ1v) is 8.22. The molecule has 1 unspecified atom stereocenters. The molecule has 4 heteroatoms. The number of nitrogens with zero attached hydrogens (tertiary/aromatic N) is 1. The van der Waals surface area contributed by atoms with Gasteiger partial charge in [-0.1, -0.05) is 30.3 Å². The van der Waals surface area contributed by atoms with Gasteiger partial charge in [0.1, 0.15) is 0 Å². The van der Waals surface area contributed by atoms with Gasteiger partial charge in [0.15, 0.2) is 0 Å². The molecule has 4 nitrogen and oxygen atoms in total. The number of carbonyl (C=O) groups excluding carboxylic acids is 1. The minimum Gasteiger partial charge on any atom is -0.345 e. The van der Waals surface area contributed by atoms with Gasteiger partial charge in [0.25, 0.3) is 0 Å². The van der Waals surface area contributed by atoms with Gasteiger partial charge >= 0.3 is 0 Å². The molecule has 0 bridgehead atoms. The number of benzene rings is 1. The fourth-order valence-corrected chi connectivity index (χ4v) is 3.19. The molecule has 0 spiro atoms. The highest BCUT2D eigenvalue weighted by molar-refractivity contribution is 5.79. The maximum atomic E-state index is 12.7. The second-order valence-electron chi connectivity index (χ2n) is 6.21. The van der Waals surface area contributed by atoms with E-state index < -0.39 is 0 Å². The number of aromatic nitrogens is 1. The lowest BCUT2D eigenvalue weighted by atomic mass is 9.91. The molecule has 1 amide bonds. The smallest absolute Gasteiger partial charge is 0.223 e. The van der Waals surface area contributed by atoms with Crippen LogP contribution in [0.4, 0.5) is 0 Å². The van der Waals surface area contributed by atoms with Gasteiger partial charge in [0.05, 0.1) is 6.04 Å². The third-order valence-electron chi connectivity index (χ3n) is 4.45. The zero-order valence-electron chi connectivity index (χ0n) is 13.4. The summed E-state index contributed by atoms with van der Waals surface area (Å²) in [6.45, 7) is 3.04. The summed E-state index contributed by atoms with van der Waals surface area (Å²) in [7, 11) is 0. The van der Waals surface area contributed by atoms with Crippen LogP contribution in [-0.2, 0) is 4.79 Å². The van der Waals surface area contributed by atoms with Crippen molar-refractivity contribution in [2.75, 3.05) is 6.54 Å². The van der Waals surface area contributed by atoms with Crippen LogP contribution < -0.4 is 10.6 Å². The Morgan fingerprint density at radius 1 is 1.17 bits per heavy atom. The number of piperidine rings is 1. The molecule has 1 saturated heterocycles. The second-order valence-corrected chi connectivity index (χ2v) is 6.21. The lowest BCUT2D eigenvalue weighted by molar-refractivity contribution is -0.126. The lowest BCUT2D eigenvalue weighted by Gasteiger charge is -2.29. The lowest BCUT2D eigenvalue weighted by Crippen LogP contribution is -2.43. The van der Waals surface area contributed by atoms with Crippen molar-refractivity contribution in [1.82, 2.24) is 15.6 Å². The SMILES string of the molecule is C[C@H]1C[C@@H](C(=O)NC(c2ccccc2)c2ccncc2)CCN1. The number of nitrogens with one attached hydrogen (secondary N) is 2. The van der Waals surface area contributed by atoms with E-state index in [4.69, 9.17) is 0 Å². The molecular weight excluding hydrogens is 286 g/mol. The van der Waals surface area contributed by atoms with Crippen LogP contribution in [0.2, 0.25) is 0 Å². The normalized spacial score (nSPS) is 22.3. The Hall–Kier alpha value is -2.20. The van der Waals surface area contributed by atoms with Crippen molar-refractivity contribution >= 4 is 5.91 Å². The Labute approximate surface area is 137 Å². The van der Waals surface area contributed by atoms with Crippen molar-refractivity contribution in [2.24, 2.45) is 5.92 Å². The van der Waals surface area contributed by atoms with E-state index in [-0.39, 0.29) is 17.9 Å². The molecular formula is C19H23N3O. The monoisotopic (exact) mass is 309 g/mol. The summed E-state index contributed by atoms with van der Waals surface area (Å²) in [5, 5.41) is 6.64. The molecule has 1 aliphatic rings. The number of hydrogen-bond acceptors (Lipinski definition) is 3. The van der Waals surface area contributed by atoms with E-state index >= 15 is 0 Å². The Morgan fingerprint density at radius 2 is 1.87 bits per heavy atom. The second kappa shape index (κ2) is 7.38. The minimum absolute atomic E-state index is 0.0827. The Morgan fingerprint density at radius 3 is 2.57 bits per heavy atom. The van der Waals surface area contributed by atoms with Crippen molar-refractivity contribution in [2.45, 2.75) is 31.8 Å². The average Bonchev–Trinajstić information content (AvgIpc) is 2.61. The highest BCUT2D eigenvalue weighted by Crippen LogP contribution is 2.24. The molecule has 120 valence electrons. The highest BCUT2D eigenvalue weighted by Gasteiger charge is 2.27. The summed E-state index contributed by atoms with van der Waals surface area (Å²) in [5.74, 6) is 0.225. The highest BCUT2D eigenvalue weighted by atomic mass is 16.1. The Bertz CT molecular complexity index is 590. The molecule has 3 rings (SSSR count). The van der Waals surface area contributed by atoms with Gasteiger partial charge < -0.3 is 10.6 Å². The molecule has 0 saturated carbocycles. The summed E-state index contributed by atoms with van der Waals surface area (Å²) >= 11 is 0. The molecule has 2 heterocycles. The first-order valence-electron chi connectivity index (χ1n) is 8.22. The van der Waals surface area contributed by atoms with Crippen LogP contribution >= 0.6 is 0 Å². The van der Waals surface area contributed by atoms with E-state index in [0.29, 0.717) is 6.04 Å². The van der Waals surface area contributed by atoms with Crippen molar-refractivity contribution in [1.29, 1.82) is 0 Å². The molecule has 1 fully saturated rings. The molecule has 0 aliphatic carbocycles. The van der Waals surface area contributed by atoms with Crippen molar-refractivity contribution in [3.8, 4) is 0 Å². The number of amides is 1. The standard InChI is InChI=1S/C19H23N3O/c1-14-13-17(9-12-21-14)19(23)22-18(15-5-3-2-4-6-15)16-7-10-20-11-8-16/h2-8,10-11,14,17-18,21H,9,12-13H2,1H3,(H,22,23)/t14-,17-,18?/m0/s1. The van der Waals surface area contributed by atoms with E-state index in [1.54, 1.807) is 12.4 Å². The first kappa shape index (κ1) is 15.7. The van der Waals surface area contributed by atoms with Gasteiger partial charge in [-0.25, -0.2) is 0 Å². The summed E-state index contributed by atoms with van der Waals surface area (Å²) in [6.07, 6.45) is 5.33. The third-order valence-corrected chi connectivity index (χ3v) is 4.45. The maximum Gasteiger partial charge on any atom is 0.223 e. The van der Waals surface area contributed by atoms with Gasteiger partial charge in [-0.05, 0) is 49.6 Å². The summed E-state index contributed by atoms with van der Waals surface area (Å²) in [6, 6.07) is 14.3. The zero-order valence-corrected chi connectivity index (χ0v) is 13.4. The summed E-state index contributed by atoms with van der Waals surface area (Å²) in [5.41, 5.74) is 2.15. The molecule has 3 atom stereocenters. The van der Waals surface area contributed by atoms with Crippen LogP contribution in [0.15, 0.2) is 54.9 Å². The fraction of sp³-hybridized carbons (Fsp3) is 0.368. The Kier molecular flexibility index (Phi) is 5.03. The first-order chi connectivity index (χ1) is 11.2. The van der Waals surface area contributed by atoms with Gasteiger partial charge in [0.2, 0.25) is 5.91 Å². The van der Waals surface area contributed by atoms with Crippen LogP contribution in [-0.4, -0.2) is 23.5 Å². The van der Waals surface area contributed by atoms with E-state index in [9.17, 15) is 4.79 Å². The largest absolute Gasteiger partial charge is 0.345 e. The van der Waals surface area contributed by atoms with E-state index in [2.05, 4.69) is 34.7 Å². The fourth-order valence-electron chi connectivity index (χ4n) is 3.19. The minimum atomic E-state index is -0.128. The van der Waals surface area contributed by atoms with E-state index in [0.717, 1.165) is 30.5 Å². The topological polar surface area (TPSA) is 54.0 Å². The predicted molar refractivity (Wildman–Crippen MR) is 90.9 cm³/mol. The van der Waals surface area contributed by atoms with Crippen LogP contribution in [0, 0.1) is 5.92 Å². The number of rotatable bonds is 4. The summed E-state index contributed by atoms with van der Waals surface area (Å²) in [4.78, 5) is 16.8. The molecule has 1 aliphatic heterocycles. The molecule has 2 aromatic rings. The van der Waals surface area contributed by atoms with Gasteiger partial charge in [0, 0.05) is 24.4 Å². The molecule has 2 N–H and O–H groups in total. The number of hydrogen-bond donors (Lipinski definition) is 2. The number of pyridine rings is 1. The van der Waals surface area contributed by atoms with E-state index in [1.165, 1.54) is 0 Å². The average molecular weight is 309 g/mol. The van der Waals surface area contributed by atoms with Crippen LogP contribution in [0.3, 0.4) is 0 Å².